The van der Waals surface area contributed by atoms with Crippen molar-refractivity contribution in [2.24, 2.45) is 7.05 Å². The Labute approximate surface area is 164 Å². The third-order valence-corrected chi connectivity index (χ3v) is 4.91. The lowest BCUT2D eigenvalue weighted by Gasteiger charge is -2.12. The van der Waals surface area contributed by atoms with Gasteiger partial charge in [-0.25, -0.2) is 18.2 Å². The second-order valence-corrected chi connectivity index (χ2v) is 6.97. The first-order valence-electron chi connectivity index (χ1n) is 8.18. The van der Waals surface area contributed by atoms with Crippen LogP contribution in [0.4, 0.5) is 19.0 Å². The second kappa shape index (κ2) is 6.93. The molecule has 4 aromatic rings. The molecule has 0 spiro atoms. The number of hydrogen-bond acceptors (Lipinski definition) is 4. The van der Waals surface area contributed by atoms with Gasteiger partial charge in [0.2, 0.25) is 6.30 Å². The molecular formula is C18H13BrF3N5O. The van der Waals surface area contributed by atoms with Crippen LogP contribution < -0.4 is 10.9 Å². The fourth-order valence-corrected chi connectivity index (χ4v) is 3.43. The molecule has 0 saturated carbocycles. The Balaban J connectivity index is 1.82. The van der Waals surface area contributed by atoms with Crippen molar-refractivity contribution in [3.05, 3.63) is 57.6 Å². The Morgan fingerprint density at radius 2 is 1.89 bits per heavy atom. The third-order valence-electron chi connectivity index (χ3n) is 4.20. The van der Waals surface area contributed by atoms with Gasteiger partial charge in [-0.1, -0.05) is 0 Å². The molecule has 1 atom stereocenters. The number of nitrogens with one attached hydrogen (secondary N) is 1. The molecular weight excluding hydrogens is 439 g/mol. The van der Waals surface area contributed by atoms with Crippen LogP contribution in [0.5, 0.6) is 0 Å². The van der Waals surface area contributed by atoms with Crippen LogP contribution in [0.1, 0.15) is 0 Å². The first kappa shape index (κ1) is 18.5. The van der Waals surface area contributed by atoms with E-state index >= 15 is 0 Å². The maximum Gasteiger partial charge on any atom is 0.287 e. The number of alkyl halides is 3. The monoisotopic (exact) mass is 451 g/mol. The minimum absolute atomic E-state index is 0.0880. The van der Waals surface area contributed by atoms with E-state index in [4.69, 9.17) is 0 Å². The van der Waals surface area contributed by atoms with Gasteiger partial charge in [-0.2, -0.15) is 5.10 Å². The van der Waals surface area contributed by atoms with Crippen molar-refractivity contribution in [2.75, 3.05) is 5.32 Å². The first-order valence-corrected chi connectivity index (χ1v) is 8.97. The van der Waals surface area contributed by atoms with Crippen molar-refractivity contribution < 1.29 is 13.2 Å². The zero-order valence-electron chi connectivity index (χ0n) is 14.4. The fourth-order valence-electron chi connectivity index (χ4n) is 2.92. The Kier molecular flexibility index (Phi) is 4.58. The van der Waals surface area contributed by atoms with Gasteiger partial charge >= 0.3 is 0 Å². The molecule has 3 aromatic heterocycles. The maximum atomic E-state index is 13.2. The van der Waals surface area contributed by atoms with E-state index in [2.05, 4.69) is 26.0 Å². The number of fused-ring (bicyclic) bond motifs is 2. The van der Waals surface area contributed by atoms with Gasteiger partial charge < -0.3 is 5.32 Å². The molecule has 0 bridgehead atoms. The minimum Gasteiger partial charge on any atom is -0.336 e. The topological polar surface area (TPSA) is 64.7 Å². The summed E-state index contributed by atoms with van der Waals surface area (Å²) >= 11 is 3.23. The number of benzene rings is 1. The van der Waals surface area contributed by atoms with Crippen molar-refractivity contribution in [1.29, 1.82) is 0 Å². The molecule has 1 unspecified atom stereocenters. The van der Waals surface area contributed by atoms with Gasteiger partial charge in [0.05, 0.1) is 11.0 Å². The highest BCUT2D eigenvalue weighted by molar-refractivity contribution is 9.10. The Hall–Kier alpha value is -2.88. The molecule has 0 aliphatic carbocycles. The molecule has 0 fully saturated rings. The van der Waals surface area contributed by atoms with E-state index in [0.29, 0.717) is 11.1 Å². The molecule has 0 radical (unpaired) electrons. The Morgan fingerprint density at radius 1 is 1.11 bits per heavy atom. The smallest absolute Gasteiger partial charge is 0.287 e. The van der Waals surface area contributed by atoms with E-state index in [1.165, 1.54) is 10.6 Å². The van der Waals surface area contributed by atoms with E-state index in [1.54, 1.807) is 23.0 Å². The van der Waals surface area contributed by atoms with Crippen molar-refractivity contribution in [2.45, 2.75) is 12.7 Å². The minimum atomic E-state index is -3.18. The van der Waals surface area contributed by atoms with Crippen molar-refractivity contribution in [1.82, 2.24) is 19.3 Å². The van der Waals surface area contributed by atoms with Crippen LogP contribution in [0.15, 0.2) is 52.0 Å². The normalized spacial score (nSPS) is 12.8. The molecule has 0 aliphatic rings. The quantitative estimate of drug-likeness (QED) is 0.476. The number of pyridine rings is 2. The summed E-state index contributed by atoms with van der Waals surface area (Å²) in [5.41, 5.74) is 1.30. The number of aryl methyl sites for hydroxylation is 1. The summed E-state index contributed by atoms with van der Waals surface area (Å²) in [6.07, 6.45) is -2.29. The largest absolute Gasteiger partial charge is 0.336 e. The molecule has 4 rings (SSSR count). The summed E-state index contributed by atoms with van der Waals surface area (Å²) in [7, 11) is 1.81. The predicted molar refractivity (Wildman–Crippen MR) is 104 cm³/mol. The third kappa shape index (κ3) is 3.24. The van der Waals surface area contributed by atoms with Crippen LogP contribution in [-0.2, 0) is 7.05 Å². The molecule has 3 heterocycles. The molecule has 0 amide bonds. The standard InChI is InChI=1S/C18H13BrF3N5O/c1-26-7-10-6-11(3-4-12(10)25-26)27-8-9-2-5-13(24-17(22)16(20)21)23-15(9)14(19)18(27)28/h2-8,16-17H,1H3,(H,23,24). The zero-order valence-corrected chi connectivity index (χ0v) is 16.0. The van der Waals surface area contributed by atoms with Crippen LogP contribution in [-0.4, -0.2) is 32.1 Å². The lowest BCUT2D eigenvalue weighted by molar-refractivity contribution is 0.0649. The molecule has 1 aromatic carbocycles. The Morgan fingerprint density at radius 3 is 2.64 bits per heavy atom. The van der Waals surface area contributed by atoms with Gasteiger partial charge in [0.1, 0.15) is 10.3 Å². The van der Waals surface area contributed by atoms with Gasteiger partial charge in [0.15, 0.2) is 0 Å². The van der Waals surface area contributed by atoms with Gasteiger partial charge in [-0.3, -0.25) is 14.0 Å². The molecule has 0 aliphatic heterocycles. The van der Waals surface area contributed by atoms with Gasteiger partial charge in [-0.05, 0) is 46.3 Å². The number of aromatic nitrogens is 4. The molecule has 1 N–H and O–H groups in total. The maximum absolute atomic E-state index is 13.2. The van der Waals surface area contributed by atoms with Crippen molar-refractivity contribution in [3.8, 4) is 5.69 Å². The predicted octanol–water partition coefficient (Wildman–Crippen LogP) is 4.01. The van der Waals surface area contributed by atoms with Gasteiger partial charge in [0, 0.05) is 35.9 Å². The molecule has 6 nitrogen and oxygen atoms in total. The number of rotatable bonds is 4. The van der Waals surface area contributed by atoms with Gasteiger partial charge in [0.25, 0.3) is 12.0 Å². The average molecular weight is 452 g/mol. The van der Waals surface area contributed by atoms with Crippen LogP contribution in [0.2, 0.25) is 0 Å². The van der Waals surface area contributed by atoms with Crippen LogP contribution in [0.25, 0.3) is 27.5 Å². The summed E-state index contributed by atoms with van der Waals surface area (Å²) in [5.74, 6) is -0.0880. The van der Waals surface area contributed by atoms with E-state index < -0.39 is 12.7 Å². The molecule has 144 valence electrons. The van der Waals surface area contributed by atoms with Crippen LogP contribution >= 0.6 is 15.9 Å². The van der Waals surface area contributed by atoms with E-state index in [9.17, 15) is 18.0 Å². The summed E-state index contributed by atoms with van der Waals surface area (Å²) < 4.78 is 41.3. The summed E-state index contributed by atoms with van der Waals surface area (Å²) in [4.78, 5) is 16.9. The summed E-state index contributed by atoms with van der Waals surface area (Å²) in [5, 5.41) is 7.74. The molecule has 0 saturated heterocycles. The average Bonchev–Trinajstić information content (AvgIpc) is 3.04. The Bertz CT molecular complexity index is 1250. The van der Waals surface area contributed by atoms with Crippen molar-refractivity contribution >= 4 is 43.6 Å². The zero-order chi connectivity index (χ0) is 20.0. The highest BCUT2D eigenvalue weighted by atomic mass is 79.9. The number of anilines is 1. The number of halogens is 4. The molecule has 10 heteroatoms. The first-order chi connectivity index (χ1) is 13.3. The summed E-state index contributed by atoms with van der Waals surface area (Å²) in [6.45, 7) is 0. The van der Waals surface area contributed by atoms with Crippen LogP contribution in [0.3, 0.4) is 0 Å². The number of hydrogen-bond donors (Lipinski definition) is 1. The fraction of sp³-hybridized carbons (Fsp3) is 0.167. The van der Waals surface area contributed by atoms with Gasteiger partial charge in [-0.15, -0.1) is 0 Å². The highest BCUT2D eigenvalue weighted by Crippen LogP contribution is 2.24. The van der Waals surface area contributed by atoms with Crippen LogP contribution in [0, 0.1) is 0 Å². The second-order valence-electron chi connectivity index (χ2n) is 6.18. The number of nitrogens with zero attached hydrogens (tertiary/aromatic N) is 4. The van der Waals surface area contributed by atoms with Crippen molar-refractivity contribution in [3.63, 3.8) is 0 Å². The van der Waals surface area contributed by atoms with E-state index in [-0.39, 0.29) is 21.4 Å². The van der Waals surface area contributed by atoms with E-state index in [1.807, 2.05) is 30.7 Å². The lowest BCUT2D eigenvalue weighted by atomic mass is 10.2. The lowest BCUT2D eigenvalue weighted by Crippen LogP contribution is -2.23. The molecule has 28 heavy (non-hydrogen) atoms. The van der Waals surface area contributed by atoms with E-state index in [0.717, 1.165) is 10.9 Å². The highest BCUT2D eigenvalue weighted by Gasteiger charge is 2.20. The SMILES string of the molecule is Cn1cc2cc(-n3cc4ccc(NC(F)C(F)F)nc4c(Br)c3=O)ccc2n1. The summed E-state index contributed by atoms with van der Waals surface area (Å²) in [6, 6.07) is 8.37.